The Hall–Kier alpha value is -1.75. The van der Waals surface area contributed by atoms with Gasteiger partial charge < -0.3 is 20.7 Å². The number of nitrogens with one attached hydrogen (secondary N) is 1. The molecule has 1 fully saturated rings. The van der Waals surface area contributed by atoms with Gasteiger partial charge in [-0.2, -0.15) is 0 Å². The Kier molecular flexibility index (Phi) is 3.49. The van der Waals surface area contributed by atoms with Crippen LogP contribution in [0.4, 0.5) is 11.4 Å². The SMILES string of the molecule is CNC(=O)C1COCCN1c1ccccc1N. The van der Waals surface area contributed by atoms with Gasteiger partial charge in [0.25, 0.3) is 0 Å². The Balaban J connectivity index is 2.28. The van der Waals surface area contributed by atoms with Crippen LogP contribution in [0.3, 0.4) is 0 Å². The molecule has 1 aromatic carbocycles. The highest BCUT2D eigenvalue weighted by molar-refractivity contribution is 5.86. The summed E-state index contributed by atoms with van der Waals surface area (Å²) in [7, 11) is 1.63. The highest BCUT2D eigenvalue weighted by Gasteiger charge is 2.29. The molecule has 1 unspecified atom stereocenters. The van der Waals surface area contributed by atoms with Crippen molar-refractivity contribution < 1.29 is 9.53 Å². The maximum absolute atomic E-state index is 11.8. The Morgan fingerprint density at radius 3 is 3.00 bits per heavy atom. The van der Waals surface area contributed by atoms with Crippen LogP contribution in [0, 0.1) is 0 Å². The molecule has 0 bridgehead atoms. The molecule has 92 valence electrons. The number of carbonyl (C=O) groups is 1. The van der Waals surface area contributed by atoms with Crippen molar-refractivity contribution >= 4 is 17.3 Å². The first-order chi connectivity index (χ1) is 8.24. The second-order valence-electron chi connectivity index (χ2n) is 3.96. The average molecular weight is 235 g/mol. The van der Waals surface area contributed by atoms with E-state index in [-0.39, 0.29) is 11.9 Å². The van der Waals surface area contributed by atoms with Gasteiger partial charge in [0.05, 0.1) is 24.6 Å². The van der Waals surface area contributed by atoms with Crippen LogP contribution in [0.1, 0.15) is 0 Å². The predicted molar refractivity (Wildman–Crippen MR) is 66.9 cm³/mol. The molecule has 1 heterocycles. The smallest absolute Gasteiger partial charge is 0.244 e. The minimum absolute atomic E-state index is 0.0482. The molecule has 5 heteroatoms. The van der Waals surface area contributed by atoms with Gasteiger partial charge in [-0.05, 0) is 12.1 Å². The van der Waals surface area contributed by atoms with Gasteiger partial charge in [0.15, 0.2) is 0 Å². The monoisotopic (exact) mass is 235 g/mol. The first kappa shape index (κ1) is 11.7. The molecule has 1 aliphatic heterocycles. The van der Waals surface area contributed by atoms with E-state index in [0.29, 0.717) is 25.4 Å². The molecule has 0 saturated carbocycles. The lowest BCUT2D eigenvalue weighted by atomic mass is 10.1. The third-order valence-corrected chi connectivity index (χ3v) is 2.92. The van der Waals surface area contributed by atoms with E-state index in [9.17, 15) is 4.79 Å². The van der Waals surface area contributed by atoms with Crippen LogP contribution >= 0.6 is 0 Å². The van der Waals surface area contributed by atoms with E-state index in [2.05, 4.69) is 5.32 Å². The molecule has 17 heavy (non-hydrogen) atoms. The second-order valence-corrected chi connectivity index (χ2v) is 3.96. The number of morpholine rings is 1. The number of ether oxygens (including phenoxy) is 1. The molecule has 0 aliphatic carbocycles. The van der Waals surface area contributed by atoms with Gasteiger partial charge in [0.2, 0.25) is 5.91 Å². The van der Waals surface area contributed by atoms with Crippen molar-refractivity contribution in [2.45, 2.75) is 6.04 Å². The Bertz CT molecular complexity index is 408. The number of nitrogen functional groups attached to an aromatic ring is 1. The largest absolute Gasteiger partial charge is 0.397 e. The summed E-state index contributed by atoms with van der Waals surface area (Å²) >= 11 is 0. The quantitative estimate of drug-likeness (QED) is 0.720. The minimum atomic E-state index is -0.307. The number of hydrogen-bond donors (Lipinski definition) is 2. The van der Waals surface area contributed by atoms with E-state index >= 15 is 0 Å². The lowest BCUT2D eigenvalue weighted by molar-refractivity contribution is -0.124. The standard InChI is InChI=1S/C12H17N3O2/c1-14-12(16)11-8-17-7-6-15(11)10-5-3-2-4-9(10)13/h2-5,11H,6-8,13H2,1H3,(H,14,16). The maximum Gasteiger partial charge on any atom is 0.244 e. The molecule has 2 rings (SSSR count). The normalized spacial score (nSPS) is 20.1. The third kappa shape index (κ3) is 2.34. The summed E-state index contributed by atoms with van der Waals surface area (Å²) < 4.78 is 5.35. The van der Waals surface area contributed by atoms with Crippen LogP contribution in [0.5, 0.6) is 0 Å². The van der Waals surface area contributed by atoms with Gasteiger partial charge in [-0.1, -0.05) is 12.1 Å². The van der Waals surface area contributed by atoms with Crippen molar-refractivity contribution in [2.24, 2.45) is 0 Å². The summed E-state index contributed by atoms with van der Waals surface area (Å²) in [5.41, 5.74) is 7.52. The number of nitrogens with zero attached hydrogens (tertiary/aromatic N) is 1. The summed E-state index contributed by atoms with van der Waals surface area (Å²) in [5.74, 6) is -0.0482. The summed E-state index contributed by atoms with van der Waals surface area (Å²) in [4.78, 5) is 13.8. The number of anilines is 2. The topological polar surface area (TPSA) is 67.6 Å². The van der Waals surface area contributed by atoms with Gasteiger partial charge >= 0.3 is 0 Å². The molecule has 1 atom stereocenters. The average Bonchev–Trinajstić information content (AvgIpc) is 2.38. The van der Waals surface area contributed by atoms with Gasteiger partial charge in [-0.25, -0.2) is 0 Å². The number of likely N-dealkylation sites (N-methyl/N-ethyl adjacent to an activating group) is 1. The van der Waals surface area contributed by atoms with E-state index in [4.69, 9.17) is 10.5 Å². The zero-order chi connectivity index (χ0) is 12.3. The van der Waals surface area contributed by atoms with E-state index in [1.807, 2.05) is 29.2 Å². The summed E-state index contributed by atoms with van der Waals surface area (Å²) in [6.45, 7) is 1.68. The van der Waals surface area contributed by atoms with E-state index in [1.165, 1.54) is 0 Å². The number of carbonyl (C=O) groups excluding carboxylic acids is 1. The second kappa shape index (κ2) is 5.05. The van der Waals surface area contributed by atoms with Crippen molar-refractivity contribution in [1.82, 2.24) is 5.32 Å². The lowest BCUT2D eigenvalue weighted by Gasteiger charge is -2.36. The Labute approximate surface area is 101 Å². The van der Waals surface area contributed by atoms with E-state index in [0.717, 1.165) is 5.69 Å². The van der Waals surface area contributed by atoms with E-state index < -0.39 is 0 Å². The summed E-state index contributed by atoms with van der Waals surface area (Å²) in [5, 5.41) is 2.65. The first-order valence-electron chi connectivity index (χ1n) is 5.64. The number of benzene rings is 1. The van der Waals surface area contributed by atoms with E-state index in [1.54, 1.807) is 7.05 Å². The fourth-order valence-electron chi connectivity index (χ4n) is 2.02. The first-order valence-corrected chi connectivity index (χ1v) is 5.64. The zero-order valence-electron chi connectivity index (χ0n) is 9.85. The number of nitrogens with two attached hydrogens (primary N) is 1. The zero-order valence-corrected chi connectivity index (χ0v) is 9.85. The molecule has 1 amide bonds. The maximum atomic E-state index is 11.8. The fourth-order valence-corrected chi connectivity index (χ4v) is 2.02. The Morgan fingerprint density at radius 1 is 1.53 bits per heavy atom. The number of amides is 1. The predicted octanol–water partition coefficient (Wildman–Crippen LogP) is 0.220. The highest BCUT2D eigenvalue weighted by atomic mass is 16.5. The molecule has 1 aliphatic rings. The van der Waals surface area contributed by atoms with Crippen molar-refractivity contribution in [3.63, 3.8) is 0 Å². The fraction of sp³-hybridized carbons (Fsp3) is 0.417. The van der Waals surface area contributed by atoms with Crippen LogP contribution in [0.25, 0.3) is 0 Å². The van der Waals surface area contributed by atoms with Crippen LogP contribution in [0.2, 0.25) is 0 Å². The number of para-hydroxylation sites is 2. The van der Waals surface area contributed by atoms with Crippen LogP contribution < -0.4 is 16.0 Å². The minimum Gasteiger partial charge on any atom is -0.397 e. The molecule has 0 spiro atoms. The van der Waals surface area contributed by atoms with Crippen molar-refractivity contribution in [1.29, 1.82) is 0 Å². The van der Waals surface area contributed by atoms with Crippen LogP contribution in [0.15, 0.2) is 24.3 Å². The van der Waals surface area contributed by atoms with Gasteiger partial charge in [-0.15, -0.1) is 0 Å². The molecule has 3 N–H and O–H groups in total. The highest BCUT2D eigenvalue weighted by Crippen LogP contribution is 2.25. The molecule has 0 radical (unpaired) electrons. The molecule has 1 saturated heterocycles. The van der Waals surface area contributed by atoms with Crippen molar-refractivity contribution in [2.75, 3.05) is 37.4 Å². The van der Waals surface area contributed by atoms with Crippen molar-refractivity contribution in [3.8, 4) is 0 Å². The number of hydrogen-bond acceptors (Lipinski definition) is 4. The van der Waals surface area contributed by atoms with Crippen LogP contribution in [-0.2, 0) is 9.53 Å². The van der Waals surface area contributed by atoms with Gasteiger partial charge in [-0.3, -0.25) is 4.79 Å². The lowest BCUT2D eigenvalue weighted by Crippen LogP contribution is -2.53. The van der Waals surface area contributed by atoms with Crippen molar-refractivity contribution in [3.05, 3.63) is 24.3 Å². The Morgan fingerprint density at radius 2 is 2.29 bits per heavy atom. The molecule has 5 nitrogen and oxygen atoms in total. The summed E-state index contributed by atoms with van der Waals surface area (Å²) in [6.07, 6.45) is 0. The number of rotatable bonds is 2. The third-order valence-electron chi connectivity index (χ3n) is 2.92. The van der Waals surface area contributed by atoms with Crippen LogP contribution in [-0.4, -0.2) is 38.8 Å². The van der Waals surface area contributed by atoms with Gasteiger partial charge in [0, 0.05) is 13.6 Å². The molecular weight excluding hydrogens is 218 g/mol. The molecular formula is C12H17N3O2. The summed E-state index contributed by atoms with van der Waals surface area (Å²) in [6, 6.07) is 7.26. The molecule has 1 aromatic rings. The molecule has 0 aromatic heterocycles. The van der Waals surface area contributed by atoms with Gasteiger partial charge in [0.1, 0.15) is 6.04 Å².